The molecule has 6 nitrogen and oxygen atoms in total. The molecule has 1 aliphatic rings. The van der Waals surface area contributed by atoms with Crippen molar-refractivity contribution in [1.82, 2.24) is 15.0 Å². The predicted molar refractivity (Wildman–Crippen MR) is 88.3 cm³/mol. The van der Waals surface area contributed by atoms with Gasteiger partial charge < -0.3 is 14.2 Å². The summed E-state index contributed by atoms with van der Waals surface area (Å²) >= 11 is 0. The molecule has 1 saturated heterocycles. The summed E-state index contributed by atoms with van der Waals surface area (Å²) in [6, 6.07) is 10.7. The van der Waals surface area contributed by atoms with Gasteiger partial charge in [-0.05, 0) is 32.8 Å². The fraction of sp³-hybridized carbons (Fsp3) is 0.500. The van der Waals surface area contributed by atoms with Gasteiger partial charge in [0.2, 0.25) is 5.91 Å². The van der Waals surface area contributed by atoms with Crippen molar-refractivity contribution >= 4 is 5.91 Å². The quantitative estimate of drug-likeness (QED) is 0.843. The lowest BCUT2D eigenvalue weighted by molar-refractivity contribution is -0.139. The average Bonchev–Trinajstić information content (AvgIpc) is 3.11. The molecule has 3 atom stereocenters. The third-order valence-electron chi connectivity index (χ3n) is 4.63. The average molecular weight is 329 g/mol. The molecule has 0 aliphatic carbocycles. The Balaban J connectivity index is 1.58. The second-order valence-electron chi connectivity index (χ2n) is 6.37. The Hall–Kier alpha value is -2.21. The molecule has 3 rings (SSSR count). The molecule has 0 spiro atoms. The highest BCUT2D eigenvalue weighted by atomic mass is 16.5. The number of rotatable bonds is 5. The van der Waals surface area contributed by atoms with Crippen LogP contribution in [0.15, 0.2) is 34.9 Å². The lowest BCUT2D eigenvalue weighted by atomic mass is 9.92. The molecule has 0 N–H and O–H groups in total. The standard InChI is InChI=1S/C18H23N3O3/c1-12-9-16(15-7-5-4-6-8-15)13(2)21(12)18(22)11-23-10-17-19-14(3)20-24-17/h4-8,12-13,16H,9-11H2,1-3H3/t12-,13-,16-/m1/s1. The van der Waals surface area contributed by atoms with E-state index in [1.54, 1.807) is 6.92 Å². The molecule has 24 heavy (non-hydrogen) atoms. The molecule has 1 aliphatic heterocycles. The van der Waals surface area contributed by atoms with E-state index in [1.165, 1.54) is 5.56 Å². The van der Waals surface area contributed by atoms with Crippen molar-refractivity contribution in [1.29, 1.82) is 0 Å². The highest BCUT2D eigenvalue weighted by Crippen LogP contribution is 2.37. The Bertz CT molecular complexity index is 686. The number of aryl methyl sites for hydroxylation is 1. The van der Waals surface area contributed by atoms with E-state index >= 15 is 0 Å². The van der Waals surface area contributed by atoms with Crippen LogP contribution in [0.1, 0.15) is 43.5 Å². The lowest BCUT2D eigenvalue weighted by Crippen LogP contribution is -2.41. The van der Waals surface area contributed by atoms with Crippen LogP contribution in [0.25, 0.3) is 0 Å². The van der Waals surface area contributed by atoms with Crippen LogP contribution in [-0.2, 0) is 16.1 Å². The fourth-order valence-electron chi connectivity index (χ4n) is 3.56. The maximum absolute atomic E-state index is 12.6. The summed E-state index contributed by atoms with van der Waals surface area (Å²) in [5.41, 5.74) is 1.29. The van der Waals surface area contributed by atoms with Crippen molar-refractivity contribution in [3.8, 4) is 0 Å². The molecule has 1 amide bonds. The van der Waals surface area contributed by atoms with Gasteiger partial charge in [-0.2, -0.15) is 4.98 Å². The maximum Gasteiger partial charge on any atom is 0.252 e. The number of benzene rings is 1. The Morgan fingerprint density at radius 3 is 2.75 bits per heavy atom. The largest absolute Gasteiger partial charge is 0.362 e. The minimum atomic E-state index is 0.00432. The van der Waals surface area contributed by atoms with Crippen LogP contribution in [0, 0.1) is 6.92 Å². The monoisotopic (exact) mass is 329 g/mol. The minimum Gasteiger partial charge on any atom is -0.362 e. The topological polar surface area (TPSA) is 68.5 Å². The molecule has 6 heteroatoms. The van der Waals surface area contributed by atoms with Gasteiger partial charge in [-0.1, -0.05) is 35.5 Å². The summed E-state index contributed by atoms with van der Waals surface area (Å²) in [6.45, 7) is 6.14. The van der Waals surface area contributed by atoms with E-state index in [2.05, 4.69) is 36.1 Å². The number of hydrogen-bond donors (Lipinski definition) is 0. The van der Waals surface area contributed by atoms with Gasteiger partial charge in [-0.3, -0.25) is 4.79 Å². The van der Waals surface area contributed by atoms with Crippen molar-refractivity contribution in [3.05, 3.63) is 47.6 Å². The Morgan fingerprint density at radius 2 is 2.08 bits per heavy atom. The highest BCUT2D eigenvalue weighted by molar-refractivity contribution is 5.78. The number of carbonyl (C=O) groups excluding carboxylic acids is 1. The van der Waals surface area contributed by atoms with E-state index in [0.29, 0.717) is 17.6 Å². The predicted octanol–water partition coefficient (Wildman–Crippen LogP) is 2.69. The van der Waals surface area contributed by atoms with E-state index in [-0.39, 0.29) is 31.2 Å². The summed E-state index contributed by atoms with van der Waals surface area (Å²) in [5.74, 6) is 1.32. The Morgan fingerprint density at radius 1 is 1.33 bits per heavy atom. The summed E-state index contributed by atoms with van der Waals surface area (Å²) in [5, 5.41) is 3.70. The summed E-state index contributed by atoms with van der Waals surface area (Å²) < 4.78 is 10.4. The summed E-state index contributed by atoms with van der Waals surface area (Å²) in [7, 11) is 0. The number of hydrogen-bond acceptors (Lipinski definition) is 5. The van der Waals surface area contributed by atoms with Crippen LogP contribution in [-0.4, -0.2) is 39.6 Å². The van der Waals surface area contributed by atoms with E-state index in [1.807, 2.05) is 23.1 Å². The molecule has 1 aromatic carbocycles. The fourth-order valence-corrected chi connectivity index (χ4v) is 3.56. The van der Waals surface area contributed by atoms with Crippen molar-refractivity contribution < 1.29 is 14.1 Å². The van der Waals surface area contributed by atoms with Gasteiger partial charge in [0.25, 0.3) is 5.89 Å². The number of aromatic nitrogens is 2. The number of ether oxygens (including phenoxy) is 1. The SMILES string of the molecule is Cc1noc(COCC(=O)N2[C@H](C)C[C@@H](c3ccccc3)[C@H]2C)n1. The number of carbonyl (C=O) groups is 1. The molecule has 2 aromatic rings. The van der Waals surface area contributed by atoms with Crippen molar-refractivity contribution in [2.75, 3.05) is 6.61 Å². The second kappa shape index (κ2) is 7.13. The van der Waals surface area contributed by atoms with Crippen LogP contribution in [0.3, 0.4) is 0 Å². The summed E-state index contributed by atoms with van der Waals surface area (Å²) in [4.78, 5) is 18.6. The first-order valence-electron chi connectivity index (χ1n) is 8.29. The van der Waals surface area contributed by atoms with Crippen LogP contribution in [0.4, 0.5) is 0 Å². The van der Waals surface area contributed by atoms with Crippen LogP contribution >= 0.6 is 0 Å². The molecule has 1 fully saturated rings. The molecule has 0 bridgehead atoms. The van der Waals surface area contributed by atoms with Crippen molar-refractivity contribution in [3.63, 3.8) is 0 Å². The zero-order chi connectivity index (χ0) is 17.1. The zero-order valence-corrected chi connectivity index (χ0v) is 14.3. The minimum absolute atomic E-state index is 0.00432. The molecule has 2 heterocycles. The van der Waals surface area contributed by atoms with E-state index in [0.717, 1.165) is 6.42 Å². The number of amides is 1. The van der Waals surface area contributed by atoms with Crippen molar-refractivity contribution in [2.24, 2.45) is 0 Å². The van der Waals surface area contributed by atoms with Gasteiger partial charge in [0.05, 0.1) is 0 Å². The smallest absolute Gasteiger partial charge is 0.252 e. The Kier molecular flexibility index (Phi) is 4.94. The first-order chi connectivity index (χ1) is 11.6. The van der Waals surface area contributed by atoms with Crippen LogP contribution in [0.5, 0.6) is 0 Å². The molecule has 0 unspecified atom stereocenters. The van der Waals surface area contributed by atoms with Crippen LogP contribution < -0.4 is 0 Å². The second-order valence-corrected chi connectivity index (χ2v) is 6.37. The molecule has 0 radical (unpaired) electrons. The highest BCUT2D eigenvalue weighted by Gasteiger charge is 2.39. The van der Waals surface area contributed by atoms with E-state index in [4.69, 9.17) is 9.26 Å². The first kappa shape index (κ1) is 16.6. The van der Waals surface area contributed by atoms with Gasteiger partial charge >= 0.3 is 0 Å². The van der Waals surface area contributed by atoms with Gasteiger partial charge in [0, 0.05) is 18.0 Å². The lowest BCUT2D eigenvalue weighted by Gasteiger charge is -2.27. The third-order valence-corrected chi connectivity index (χ3v) is 4.63. The van der Waals surface area contributed by atoms with Gasteiger partial charge in [0.1, 0.15) is 13.2 Å². The Labute approximate surface area is 141 Å². The van der Waals surface area contributed by atoms with Gasteiger partial charge in [-0.25, -0.2) is 0 Å². The molecular formula is C18H23N3O3. The van der Waals surface area contributed by atoms with E-state index < -0.39 is 0 Å². The first-order valence-corrected chi connectivity index (χ1v) is 8.29. The molecule has 128 valence electrons. The van der Waals surface area contributed by atoms with Crippen LogP contribution in [0.2, 0.25) is 0 Å². The normalized spacial score (nSPS) is 23.6. The van der Waals surface area contributed by atoms with Gasteiger partial charge in [-0.15, -0.1) is 0 Å². The molecular weight excluding hydrogens is 306 g/mol. The summed E-state index contributed by atoms with van der Waals surface area (Å²) in [6.07, 6.45) is 0.972. The van der Waals surface area contributed by atoms with Crippen molar-refractivity contribution in [2.45, 2.75) is 51.8 Å². The number of nitrogens with zero attached hydrogens (tertiary/aromatic N) is 3. The molecule has 1 aromatic heterocycles. The van der Waals surface area contributed by atoms with Gasteiger partial charge in [0.15, 0.2) is 5.82 Å². The molecule has 0 saturated carbocycles. The zero-order valence-electron chi connectivity index (χ0n) is 14.3. The third kappa shape index (κ3) is 3.48. The van der Waals surface area contributed by atoms with E-state index in [9.17, 15) is 4.79 Å². The maximum atomic E-state index is 12.6. The number of likely N-dealkylation sites (tertiary alicyclic amines) is 1.